The highest BCUT2D eigenvalue weighted by Crippen LogP contribution is 2.41. The van der Waals surface area contributed by atoms with Gasteiger partial charge in [0.2, 0.25) is 0 Å². The Labute approximate surface area is 114 Å². The molecule has 1 aliphatic rings. The van der Waals surface area contributed by atoms with Gasteiger partial charge in [0.15, 0.2) is 0 Å². The first kappa shape index (κ1) is 13.2. The molecule has 18 heavy (non-hydrogen) atoms. The lowest BCUT2D eigenvalue weighted by molar-refractivity contribution is 0.371. The van der Waals surface area contributed by atoms with Crippen LogP contribution in [0.25, 0.3) is 0 Å². The molecule has 3 heteroatoms. The van der Waals surface area contributed by atoms with Gasteiger partial charge in [-0.3, -0.25) is 0 Å². The first-order valence-electron chi connectivity index (χ1n) is 6.37. The quantitative estimate of drug-likeness (QED) is 0.800. The van der Waals surface area contributed by atoms with E-state index in [9.17, 15) is 0 Å². The summed E-state index contributed by atoms with van der Waals surface area (Å²) in [6.45, 7) is 7.57. The van der Waals surface area contributed by atoms with Crippen LogP contribution in [0.5, 0.6) is 0 Å². The van der Waals surface area contributed by atoms with Gasteiger partial charge in [0.1, 0.15) is 0 Å². The fourth-order valence-corrected chi connectivity index (χ4v) is 3.19. The fraction of sp³-hybridized carbons (Fsp3) is 0.533. The minimum absolute atomic E-state index is 0.0360. The van der Waals surface area contributed by atoms with Crippen molar-refractivity contribution < 1.29 is 0 Å². The van der Waals surface area contributed by atoms with E-state index in [-0.39, 0.29) is 5.54 Å². The number of aryl methyl sites for hydroxylation is 1. The fourth-order valence-electron chi connectivity index (χ4n) is 2.96. The molecular formula is C15H19ClN2. The Morgan fingerprint density at radius 3 is 2.83 bits per heavy atom. The summed E-state index contributed by atoms with van der Waals surface area (Å²) in [4.78, 5) is 2.42. The molecule has 0 bridgehead atoms. The van der Waals surface area contributed by atoms with Crippen LogP contribution in [0.4, 0.5) is 5.69 Å². The van der Waals surface area contributed by atoms with Crippen molar-refractivity contribution in [2.24, 2.45) is 5.92 Å². The van der Waals surface area contributed by atoms with E-state index in [2.05, 4.69) is 37.8 Å². The van der Waals surface area contributed by atoms with Gasteiger partial charge in [-0.15, -0.1) is 0 Å². The van der Waals surface area contributed by atoms with Crippen LogP contribution in [0.2, 0.25) is 5.02 Å². The van der Waals surface area contributed by atoms with E-state index in [1.54, 1.807) is 0 Å². The number of nitriles is 1. The number of benzene rings is 1. The van der Waals surface area contributed by atoms with Crippen molar-refractivity contribution in [3.05, 3.63) is 28.8 Å². The van der Waals surface area contributed by atoms with Gasteiger partial charge >= 0.3 is 0 Å². The van der Waals surface area contributed by atoms with Crippen molar-refractivity contribution in [1.29, 1.82) is 5.26 Å². The molecule has 0 radical (unpaired) electrons. The molecule has 96 valence electrons. The molecule has 1 aromatic rings. The third-order valence-corrected chi connectivity index (χ3v) is 4.42. The van der Waals surface area contributed by atoms with Gasteiger partial charge in [-0.05, 0) is 56.9 Å². The van der Waals surface area contributed by atoms with E-state index in [1.165, 1.54) is 11.3 Å². The summed E-state index contributed by atoms with van der Waals surface area (Å²) in [5.41, 5.74) is 2.48. The molecule has 2 rings (SSSR count). The normalized spacial score (nSPS) is 21.9. The molecule has 0 saturated carbocycles. The first-order valence-corrected chi connectivity index (χ1v) is 6.75. The highest BCUT2D eigenvalue weighted by molar-refractivity contribution is 6.30. The zero-order chi connectivity index (χ0) is 13.3. The minimum atomic E-state index is 0.0360. The predicted octanol–water partition coefficient (Wildman–Crippen LogP) is 4.17. The van der Waals surface area contributed by atoms with Gasteiger partial charge in [-0.2, -0.15) is 5.26 Å². The van der Waals surface area contributed by atoms with Crippen molar-refractivity contribution in [1.82, 2.24) is 0 Å². The summed E-state index contributed by atoms with van der Waals surface area (Å²) >= 11 is 6.01. The Balaban J connectivity index is 2.32. The molecular weight excluding hydrogens is 244 g/mol. The monoisotopic (exact) mass is 262 g/mol. The smallest absolute Gasteiger partial charge is 0.0625 e. The van der Waals surface area contributed by atoms with Crippen LogP contribution in [0, 0.1) is 24.2 Å². The number of rotatable bonds is 2. The summed E-state index contributed by atoms with van der Waals surface area (Å²) in [6.07, 6.45) is 1.72. The molecule has 0 amide bonds. The van der Waals surface area contributed by atoms with E-state index in [0.717, 1.165) is 18.0 Å². The maximum atomic E-state index is 8.92. The molecule has 2 nitrogen and oxygen atoms in total. The lowest BCUT2D eigenvalue weighted by Gasteiger charge is -2.38. The predicted molar refractivity (Wildman–Crippen MR) is 76.0 cm³/mol. The highest BCUT2D eigenvalue weighted by atomic mass is 35.5. The number of anilines is 1. The standard InChI is InChI=1S/C15H19ClN2/c1-11-10-13(16)4-5-14(11)18-9-7-12(6-8-17)15(18,2)3/h4-5,10,12H,6-7,9H2,1-3H3. The zero-order valence-corrected chi connectivity index (χ0v) is 12.0. The zero-order valence-electron chi connectivity index (χ0n) is 11.2. The summed E-state index contributed by atoms with van der Waals surface area (Å²) in [7, 11) is 0. The maximum absolute atomic E-state index is 8.92. The van der Waals surface area contributed by atoms with Crippen LogP contribution in [-0.2, 0) is 0 Å². The molecule has 1 fully saturated rings. The van der Waals surface area contributed by atoms with E-state index < -0.39 is 0 Å². The Bertz CT molecular complexity index is 488. The molecule has 0 aliphatic carbocycles. The van der Waals surface area contributed by atoms with Crippen LogP contribution >= 0.6 is 11.6 Å². The summed E-state index contributed by atoms with van der Waals surface area (Å²) in [5.74, 6) is 0.442. The Hall–Kier alpha value is -1.20. The second-order valence-electron chi connectivity index (χ2n) is 5.58. The second kappa shape index (κ2) is 4.82. The summed E-state index contributed by atoms with van der Waals surface area (Å²) in [6, 6.07) is 8.35. The SMILES string of the molecule is Cc1cc(Cl)ccc1N1CCC(CC#N)C1(C)C. The minimum Gasteiger partial charge on any atom is -0.366 e. The number of halogens is 1. The summed E-state index contributed by atoms with van der Waals surface area (Å²) < 4.78 is 0. The van der Waals surface area contributed by atoms with Gasteiger partial charge in [-0.25, -0.2) is 0 Å². The third-order valence-electron chi connectivity index (χ3n) is 4.18. The Morgan fingerprint density at radius 1 is 1.50 bits per heavy atom. The second-order valence-corrected chi connectivity index (χ2v) is 6.02. The van der Waals surface area contributed by atoms with E-state index in [4.69, 9.17) is 16.9 Å². The first-order chi connectivity index (χ1) is 8.46. The van der Waals surface area contributed by atoms with Gasteiger partial charge in [0.25, 0.3) is 0 Å². The van der Waals surface area contributed by atoms with Gasteiger partial charge in [-0.1, -0.05) is 11.6 Å². The molecule has 1 aliphatic heterocycles. The van der Waals surface area contributed by atoms with Crippen molar-refractivity contribution in [3.8, 4) is 6.07 Å². The van der Waals surface area contributed by atoms with Gasteiger partial charge in [0.05, 0.1) is 6.07 Å². The van der Waals surface area contributed by atoms with Crippen molar-refractivity contribution in [2.45, 2.75) is 39.2 Å². The number of nitrogens with zero attached hydrogens (tertiary/aromatic N) is 2. The lowest BCUT2D eigenvalue weighted by atomic mass is 9.86. The van der Waals surface area contributed by atoms with Crippen molar-refractivity contribution >= 4 is 17.3 Å². The van der Waals surface area contributed by atoms with Gasteiger partial charge in [0, 0.05) is 29.2 Å². The van der Waals surface area contributed by atoms with E-state index in [0.29, 0.717) is 12.3 Å². The van der Waals surface area contributed by atoms with Crippen LogP contribution in [0.15, 0.2) is 18.2 Å². The Kier molecular flexibility index (Phi) is 3.54. The van der Waals surface area contributed by atoms with Crippen LogP contribution in [0.3, 0.4) is 0 Å². The molecule has 1 aromatic carbocycles. The Morgan fingerprint density at radius 2 is 2.22 bits per heavy atom. The molecule has 1 unspecified atom stereocenters. The highest BCUT2D eigenvalue weighted by Gasteiger charge is 2.41. The molecule has 1 atom stereocenters. The summed E-state index contributed by atoms with van der Waals surface area (Å²) in [5, 5.41) is 9.70. The van der Waals surface area contributed by atoms with Crippen LogP contribution in [-0.4, -0.2) is 12.1 Å². The average molecular weight is 263 g/mol. The topological polar surface area (TPSA) is 27.0 Å². The maximum Gasteiger partial charge on any atom is 0.0625 e. The number of hydrogen-bond donors (Lipinski definition) is 0. The molecule has 1 saturated heterocycles. The average Bonchev–Trinajstić information content (AvgIpc) is 2.56. The van der Waals surface area contributed by atoms with Crippen LogP contribution in [0.1, 0.15) is 32.3 Å². The molecule has 0 spiro atoms. The number of hydrogen-bond acceptors (Lipinski definition) is 2. The van der Waals surface area contributed by atoms with E-state index >= 15 is 0 Å². The molecule has 0 N–H and O–H groups in total. The third kappa shape index (κ3) is 2.20. The van der Waals surface area contributed by atoms with E-state index in [1.807, 2.05) is 12.1 Å². The molecule has 1 heterocycles. The van der Waals surface area contributed by atoms with Crippen molar-refractivity contribution in [3.63, 3.8) is 0 Å². The molecule has 0 aromatic heterocycles. The largest absolute Gasteiger partial charge is 0.366 e. The van der Waals surface area contributed by atoms with Crippen molar-refractivity contribution in [2.75, 3.05) is 11.4 Å². The van der Waals surface area contributed by atoms with Crippen LogP contribution < -0.4 is 4.90 Å². The lowest BCUT2D eigenvalue weighted by Crippen LogP contribution is -2.42. The van der Waals surface area contributed by atoms with Gasteiger partial charge < -0.3 is 4.90 Å².